The number of rotatable bonds is 7. The van der Waals surface area contributed by atoms with Crippen molar-refractivity contribution < 1.29 is 23.8 Å². The Kier molecular flexibility index (Phi) is 5.61. The highest BCUT2D eigenvalue weighted by Gasteiger charge is 2.10. The molecule has 4 nitrogen and oxygen atoms in total. The third-order valence-corrected chi connectivity index (χ3v) is 4.03. The Morgan fingerprint density at radius 2 is 1.56 bits per heavy atom. The number of carboxylic acids is 1. The monoisotopic (exact) mass is 364 g/mol. The molecule has 0 aliphatic rings. The second-order valence-corrected chi connectivity index (χ2v) is 6.05. The van der Waals surface area contributed by atoms with Gasteiger partial charge in [-0.25, -0.2) is 9.18 Å². The fourth-order valence-electron chi connectivity index (χ4n) is 2.59. The fourth-order valence-corrected chi connectivity index (χ4v) is 2.59. The van der Waals surface area contributed by atoms with E-state index < -0.39 is 5.97 Å². The molecule has 0 aromatic heterocycles. The zero-order chi connectivity index (χ0) is 19.2. The van der Waals surface area contributed by atoms with E-state index in [4.69, 9.17) is 9.84 Å². The van der Waals surface area contributed by atoms with Crippen LogP contribution in [0.4, 0.5) is 4.39 Å². The average Bonchev–Trinajstić information content (AvgIpc) is 2.68. The maximum atomic E-state index is 12.9. The molecule has 0 atom stereocenters. The van der Waals surface area contributed by atoms with Crippen molar-refractivity contribution >= 4 is 11.8 Å². The van der Waals surface area contributed by atoms with Gasteiger partial charge in [0.1, 0.15) is 18.2 Å². The lowest BCUT2D eigenvalue weighted by Gasteiger charge is -2.08. The van der Waals surface area contributed by atoms with E-state index in [1.165, 1.54) is 24.3 Å². The number of hydrogen-bond donors (Lipinski definition) is 1. The fraction of sp³-hybridized carbons (Fsp3) is 0.0909. The van der Waals surface area contributed by atoms with Gasteiger partial charge in [0.2, 0.25) is 0 Å². The van der Waals surface area contributed by atoms with Crippen LogP contribution in [0.5, 0.6) is 5.75 Å². The van der Waals surface area contributed by atoms with Gasteiger partial charge in [-0.15, -0.1) is 0 Å². The number of carbonyl (C=O) groups excluding carboxylic acids is 1. The van der Waals surface area contributed by atoms with Crippen LogP contribution in [-0.2, 0) is 13.0 Å². The van der Waals surface area contributed by atoms with E-state index in [1.807, 2.05) is 0 Å². The van der Waals surface area contributed by atoms with Crippen molar-refractivity contribution in [3.8, 4) is 5.75 Å². The largest absolute Gasteiger partial charge is 0.489 e. The van der Waals surface area contributed by atoms with Crippen LogP contribution in [0.3, 0.4) is 0 Å². The summed E-state index contributed by atoms with van der Waals surface area (Å²) in [7, 11) is 0. The van der Waals surface area contributed by atoms with E-state index in [0.29, 0.717) is 23.5 Å². The van der Waals surface area contributed by atoms with Gasteiger partial charge in [-0.05, 0) is 59.7 Å². The van der Waals surface area contributed by atoms with Crippen molar-refractivity contribution in [2.24, 2.45) is 0 Å². The first-order chi connectivity index (χ1) is 13.0. The van der Waals surface area contributed by atoms with E-state index in [-0.39, 0.29) is 23.6 Å². The van der Waals surface area contributed by atoms with Crippen LogP contribution < -0.4 is 4.74 Å². The van der Waals surface area contributed by atoms with E-state index >= 15 is 0 Å². The molecular formula is C22H17FO4. The summed E-state index contributed by atoms with van der Waals surface area (Å²) in [5.74, 6) is -0.825. The summed E-state index contributed by atoms with van der Waals surface area (Å²) in [6.07, 6.45) is 0.122. The topological polar surface area (TPSA) is 63.6 Å². The Labute approximate surface area is 155 Å². The Hall–Kier alpha value is -3.47. The molecule has 0 aliphatic heterocycles. The highest BCUT2D eigenvalue weighted by atomic mass is 19.1. The van der Waals surface area contributed by atoms with Crippen LogP contribution >= 0.6 is 0 Å². The van der Waals surface area contributed by atoms with Crippen LogP contribution in [-0.4, -0.2) is 16.9 Å². The molecule has 0 aliphatic carbocycles. The molecule has 0 amide bonds. The molecule has 3 aromatic rings. The first kappa shape index (κ1) is 18.3. The summed E-state index contributed by atoms with van der Waals surface area (Å²) in [6, 6.07) is 19.1. The first-order valence-corrected chi connectivity index (χ1v) is 8.34. The molecule has 136 valence electrons. The van der Waals surface area contributed by atoms with Gasteiger partial charge < -0.3 is 9.84 Å². The number of Topliss-reactive ketones (excluding diaryl/α,β-unsaturated/α-hetero) is 1. The molecule has 5 heteroatoms. The second-order valence-electron chi connectivity index (χ2n) is 6.05. The Bertz CT molecular complexity index is 947. The second kappa shape index (κ2) is 8.27. The molecule has 1 N–H and O–H groups in total. The SMILES string of the molecule is O=C(O)c1cccc(CC(=O)c2ccc(OCc3ccc(F)cc3)cc2)c1. The summed E-state index contributed by atoms with van der Waals surface area (Å²) < 4.78 is 18.5. The summed E-state index contributed by atoms with van der Waals surface area (Å²) >= 11 is 0. The van der Waals surface area contributed by atoms with Crippen LogP contribution in [0.25, 0.3) is 0 Å². The molecule has 0 saturated heterocycles. The maximum Gasteiger partial charge on any atom is 0.335 e. The molecule has 0 heterocycles. The Morgan fingerprint density at radius 1 is 0.852 bits per heavy atom. The van der Waals surface area contributed by atoms with Crippen molar-refractivity contribution in [1.29, 1.82) is 0 Å². The number of benzene rings is 3. The molecule has 0 spiro atoms. The van der Waals surface area contributed by atoms with Gasteiger partial charge in [0.15, 0.2) is 5.78 Å². The minimum Gasteiger partial charge on any atom is -0.489 e. The minimum absolute atomic E-state index is 0.109. The Morgan fingerprint density at radius 3 is 2.22 bits per heavy atom. The summed E-state index contributed by atoms with van der Waals surface area (Å²) in [4.78, 5) is 23.4. The third-order valence-electron chi connectivity index (χ3n) is 4.03. The van der Waals surface area contributed by atoms with Gasteiger partial charge in [0, 0.05) is 12.0 Å². The van der Waals surface area contributed by atoms with Crippen molar-refractivity contribution in [2.75, 3.05) is 0 Å². The molecule has 3 rings (SSSR count). The predicted octanol–water partition coefficient (Wildman–Crippen LogP) is 4.53. The predicted molar refractivity (Wildman–Crippen MR) is 98.6 cm³/mol. The van der Waals surface area contributed by atoms with Crippen LogP contribution in [0, 0.1) is 5.82 Å². The lowest BCUT2D eigenvalue weighted by Crippen LogP contribution is -2.05. The first-order valence-electron chi connectivity index (χ1n) is 8.34. The summed E-state index contributed by atoms with van der Waals surface area (Å²) in [6.45, 7) is 0.301. The Balaban J connectivity index is 1.60. The summed E-state index contributed by atoms with van der Waals surface area (Å²) in [5.41, 5.74) is 2.17. The zero-order valence-corrected chi connectivity index (χ0v) is 14.4. The number of hydrogen-bond acceptors (Lipinski definition) is 3. The van der Waals surface area contributed by atoms with E-state index in [9.17, 15) is 14.0 Å². The maximum absolute atomic E-state index is 12.9. The van der Waals surface area contributed by atoms with E-state index in [2.05, 4.69) is 0 Å². The van der Waals surface area contributed by atoms with Crippen LogP contribution in [0.1, 0.15) is 31.8 Å². The number of halogens is 1. The quantitative estimate of drug-likeness (QED) is 0.626. The van der Waals surface area contributed by atoms with Crippen molar-refractivity contribution in [3.05, 3.63) is 101 Å². The van der Waals surface area contributed by atoms with Gasteiger partial charge in [0.25, 0.3) is 0 Å². The normalized spacial score (nSPS) is 10.4. The molecule has 0 radical (unpaired) electrons. The standard InChI is InChI=1S/C22H17FO4/c23-19-8-4-15(5-9-19)14-27-20-10-6-17(7-11-20)21(24)13-16-2-1-3-18(12-16)22(25)26/h1-12H,13-14H2,(H,25,26). The van der Waals surface area contributed by atoms with Crippen molar-refractivity contribution in [3.63, 3.8) is 0 Å². The van der Waals surface area contributed by atoms with Crippen LogP contribution in [0.2, 0.25) is 0 Å². The minimum atomic E-state index is -1.02. The molecule has 0 bridgehead atoms. The molecule has 3 aromatic carbocycles. The molecule has 0 saturated carbocycles. The molecule has 0 fully saturated rings. The summed E-state index contributed by atoms with van der Waals surface area (Å²) in [5, 5.41) is 9.02. The third kappa shape index (κ3) is 5.01. The number of ether oxygens (including phenoxy) is 1. The average molecular weight is 364 g/mol. The van der Waals surface area contributed by atoms with Crippen molar-refractivity contribution in [2.45, 2.75) is 13.0 Å². The van der Waals surface area contributed by atoms with Gasteiger partial charge in [0.05, 0.1) is 5.56 Å². The highest BCUT2D eigenvalue weighted by Crippen LogP contribution is 2.16. The molecule has 0 unspecified atom stereocenters. The lowest BCUT2D eigenvalue weighted by atomic mass is 10.0. The number of carbonyl (C=O) groups is 2. The highest BCUT2D eigenvalue weighted by molar-refractivity contribution is 5.98. The number of ketones is 1. The lowest BCUT2D eigenvalue weighted by molar-refractivity contribution is 0.0696. The number of carboxylic acid groups (broad SMARTS) is 1. The zero-order valence-electron chi connectivity index (χ0n) is 14.4. The van der Waals surface area contributed by atoms with Gasteiger partial charge >= 0.3 is 5.97 Å². The molecule has 27 heavy (non-hydrogen) atoms. The smallest absolute Gasteiger partial charge is 0.335 e. The number of aromatic carboxylic acids is 1. The van der Waals surface area contributed by atoms with Crippen LogP contribution in [0.15, 0.2) is 72.8 Å². The van der Waals surface area contributed by atoms with Crippen molar-refractivity contribution in [1.82, 2.24) is 0 Å². The van der Waals surface area contributed by atoms with Gasteiger partial charge in [-0.2, -0.15) is 0 Å². The van der Waals surface area contributed by atoms with Gasteiger partial charge in [-0.3, -0.25) is 4.79 Å². The van der Waals surface area contributed by atoms with E-state index in [1.54, 1.807) is 48.5 Å². The molecular weight excluding hydrogens is 347 g/mol. The van der Waals surface area contributed by atoms with Gasteiger partial charge in [-0.1, -0.05) is 24.3 Å². The van der Waals surface area contributed by atoms with E-state index in [0.717, 1.165) is 5.56 Å².